The quantitative estimate of drug-likeness (QED) is 0.620. The average molecular weight is 306 g/mol. The third-order valence-electron chi connectivity index (χ3n) is 4.51. The van der Waals surface area contributed by atoms with Crippen molar-refractivity contribution >= 4 is 8.07 Å². The van der Waals surface area contributed by atoms with Crippen LogP contribution in [-0.4, -0.2) is 13.2 Å². The van der Waals surface area contributed by atoms with Crippen LogP contribution in [-0.2, 0) is 6.61 Å². The molecule has 1 aromatic rings. The van der Waals surface area contributed by atoms with Gasteiger partial charge in [-0.2, -0.15) is 0 Å². The van der Waals surface area contributed by atoms with Gasteiger partial charge in [0.2, 0.25) is 0 Å². The Kier molecular flexibility index (Phi) is 6.19. The van der Waals surface area contributed by atoms with E-state index in [1.165, 1.54) is 6.07 Å². The second-order valence-electron chi connectivity index (χ2n) is 6.61. The van der Waals surface area contributed by atoms with Crippen LogP contribution in [0, 0.1) is 17.3 Å². The van der Waals surface area contributed by atoms with E-state index in [9.17, 15) is 4.39 Å². The summed E-state index contributed by atoms with van der Waals surface area (Å²) in [6.45, 7) is 13.3. The maximum Gasteiger partial charge on any atom is 0.146 e. The van der Waals surface area contributed by atoms with Gasteiger partial charge in [-0.05, 0) is 28.8 Å². The molecule has 0 aromatic heterocycles. The van der Waals surface area contributed by atoms with E-state index in [2.05, 4.69) is 53.0 Å². The molecule has 0 unspecified atom stereocenters. The first-order chi connectivity index (χ1) is 9.75. The van der Waals surface area contributed by atoms with Gasteiger partial charge in [0.05, 0.1) is 6.61 Å². The van der Waals surface area contributed by atoms with E-state index in [4.69, 9.17) is 5.11 Å². The van der Waals surface area contributed by atoms with Crippen LogP contribution in [0.25, 0.3) is 0 Å². The van der Waals surface area contributed by atoms with Crippen LogP contribution in [0.1, 0.15) is 52.7 Å². The molecule has 1 rings (SSSR count). The minimum atomic E-state index is -1.78. The van der Waals surface area contributed by atoms with Crippen LogP contribution >= 0.6 is 0 Å². The van der Waals surface area contributed by atoms with Crippen LogP contribution in [0.15, 0.2) is 18.2 Å². The normalized spacial score (nSPS) is 12.0. The SMILES string of the molecule is CC(C)[Si](C#Cc1ccc(CO)c(F)c1)(C(C)C)C(C)C. The number of hydrogen-bond acceptors (Lipinski definition) is 1. The summed E-state index contributed by atoms with van der Waals surface area (Å²) in [4.78, 5) is 0. The maximum absolute atomic E-state index is 13.7. The summed E-state index contributed by atoms with van der Waals surface area (Å²) in [6.07, 6.45) is 0. The molecule has 0 radical (unpaired) electrons. The molecule has 3 heteroatoms. The van der Waals surface area contributed by atoms with E-state index in [0.29, 0.717) is 27.8 Å². The Labute approximate surface area is 129 Å². The highest BCUT2D eigenvalue weighted by molar-refractivity contribution is 6.90. The Hall–Kier alpha value is -1.11. The van der Waals surface area contributed by atoms with Gasteiger partial charge >= 0.3 is 0 Å². The Morgan fingerprint density at radius 1 is 1.05 bits per heavy atom. The summed E-state index contributed by atoms with van der Waals surface area (Å²) < 4.78 is 13.7. The van der Waals surface area contributed by atoms with E-state index < -0.39 is 8.07 Å². The lowest BCUT2D eigenvalue weighted by Crippen LogP contribution is -2.43. The molecule has 0 aliphatic carbocycles. The lowest BCUT2D eigenvalue weighted by atomic mass is 10.1. The fourth-order valence-electron chi connectivity index (χ4n) is 3.37. The minimum Gasteiger partial charge on any atom is -0.392 e. The van der Waals surface area contributed by atoms with Gasteiger partial charge < -0.3 is 5.11 Å². The number of aliphatic hydroxyl groups excluding tert-OH is 1. The second kappa shape index (κ2) is 7.24. The van der Waals surface area contributed by atoms with Gasteiger partial charge in [-0.1, -0.05) is 53.5 Å². The highest BCUT2D eigenvalue weighted by atomic mass is 28.3. The van der Waals surface area contributed by atoms with Gasteiger partial charge in [0, 0.05) is 11.1 Å². The zero-order valence-electron chi connectivity index (χ0n) is 14.0. The largest absolute Gasteiger partial charge is 0.392 e. The molecule has 0 heterocycles. The van der Waals surface area contributed by atoms with E-state index in [1.807, 2.05) is 0 Å². The monoisotopic (exact) mass is 306 g/mol. The van der Waals surface area contributed by atoms with Crippen molar-refractivity contribution in [1.29, 1.82) is 0 Å². The molecular weight excluding hydrogens is 279 g/mol. The Bertz CT molecular complexity index is 516. The summed E-state index contributed by atoms with van der Waals surface area (Å²) >= 11 is 0. The molecule has 1 nitrogen and oxygen atoms in total. The molecule has 1 aromatic carbocycles. The van der Waals surface area contributed by atoms with Crippen LogP contribution in [0.4, 0.5) is 4.39 Å². The average Bonchev–Trinajstić information content (AvgIpc) is 2.38. The van der Waals surface area contributed by atoms with E-state index in [-0.39, 0.29) is 12.4 Å². The molecule has 0 saturated heterocycles. The van der Waals surface area contributed by atoms with Gasteiger partial charge in [0.1, 0.15) is 13.9 Å². The van der Waals surface area contributed by atoms with Crippen molar-refractivity contribution in [2.75, 3.05) is 0 Å². The minimum absolute atomic E-state index is 0.276. The summed E-state index contributed by atoms with van der Waals surface area (Å²) in [6, 6.07) is 4.84. The topological polar surface area (TPSA) is 20.2 Å². The van der Waals surface area contributed by atoms with Crippen LogP contribution in [0.5, 0.6) is 0 Å². The zero-order chi connectivity index (χ0) is 16.2. The molecular formula is C18H27FOSi. The molecule has 1 N–H and O–H groups in total. The Morgan fingerprint density at radius 3 is 1.95 bits per heavy atom. The predicted molar refractivity (Wildman–Crippen MR) is 90.2 cm³/mol. The van der Waals surface area contributed by atoms with Crippen molar-refractivity contribution in [3.8, 4) is 11.5 Å². The number of benzene rings is 1. The molecule has 0 spiro atoms. The van der Waals surface area contributed by atoms with Crippen molar-refractivity contribution in [1.82, 2.24) is 0 Å². The first-order valence-corrected chi connectivity index (χ1v) is 9.91. The Balaban J connectivity index is 3.25. The third kappa shape index (κ3) is 3.75. The highest BCUT2D eigenvalue weighted by Gasteiger charge is 2.41. The number of halogens is 1. The zero-order valence-corrected chi connectivity index (χ0v) is 15.0. The number of aliphatic hydroxyl groups is 1. The molecule has 0 aliphatic heterocycles. The van der Waals surface area contributed by atoms with Crippen molar-refractivity contribution in [2.45, 2.75) is 64.8 Å². The van der Waals surface area contributed by atoms with Crippen LogP contribution in [0.2, 0.25) is 16.6 Å². The first-order valence-electron chi connectivity index (χ1n) is 7.68. The van der Waals surface area contributed by atoms with Gasteiger partial charge in [-0.3, -0.25) is 0 Å². The first kappa shape index (κ1) is 17.9. The fourth-order valence-corrected chi connectivity index (χ4v) is 8.59. The predicted octanol–water partition coefficient (Wildman–Crippen LogP) is 4.89. The second-order valence-corrected chi connectivity index (χ2v) is 12.2. The summed E-state index contributed by atoms with van der Waals surface area (Å²) in [7, 11) is -1.78. The van der Waals surface area contributed by atoms with E-state index in [1.54, 1.807) is 12.1 Å². The fraction of sp³-hybridized carbons (Fsp3) is 0.556. The van der Waals surface area contributed by atoms with Crippen molar-refractivity contribution in [3.05, 3.63) is 35.1 Å². The molecule has 0 saturated carbocycles. The summed E-state index contributed by atoms with van der Waals surface area (Å²) in [5, 5.41) is 9.02. The van der Waals surface area contributed by atoms with Gasteiger partial charge in [-0.25, -0.2) is 4.39 Å². The molecule has 0 aliphatic rings. The number of hydrogen-bond donors (Lipinski definition) is 1. The van der Waals surface area contributed by atoms with E-state index in [0.717, 1.165) is 0 Å². The van der Waals surface area contributed by atoms with Crippen LogP contribution in [0.3, 0.4) is 0 Å². The van der Waals surface area contributed by atoms with Gasteiger partial charge in [0.15, 0.2) is 0 Å². The van der Waals surface area contributed by atoms with Gasteiger partial charge in [-0.15, -0.1) is 5.54 Å². The van der Waals surface area contributed by atoms with Gasteiger partial charge in [0.25, 0.3) is 0 Å². The maximum atomic E-state index is 13.7. The number of rotatable bonds is 4. The lowest BCUT2D eigenvalue weighted by Gasteiger charge is -2.38. The molecule has 0 amide bonds. The van der Waals surface area contributed by atoms with Crippen molar-refractivity contribution in [2.24, 2.45) is 0 Å². The lowest BCUT2D eigenvalue weighted by molar-refractivity contribution is 0.275. The highest BCUT2D eigenvalue weighted by Crippen LogP contribution is 2.40. The molecule has 0 bridgehead atoms. The van der Waals surface area contributed by atoms with Crippen molar-refractivity contribution < 1.29 is 9.50 Å². The third-order valence-corrected chi connectivity index (χ3v) is 10.8. The molecule has 0 fully saturated rings. The smallest absolute Gasteiger partial charge is 0.146 e. The van der Waals surface area contributed by atoms with Crippen molar-refractivity contribution in [3.63, 3.8) is 0 Å². The molecule has 0 atom stereocenters. The molecule has 21 heavy (non-hydrogen) atoms. The Morgan fingerprint density at radius 2 is 1.57 bits per heavy atom. The van der Waals surface area contributed by atoms with E-state index >= 15 is 0 Å². The summed E-state index contributed by atoms with van der Waals surface area (Å²) in [5.74, 6) is 2.83. The van der Waals surface area contributed by atoms with Crippen LogP contribution < -0.4 is 0 Å². The standard InChI is InChI=1S/C18H27FOSi/c1-13(2)21(14(3)4,15(5)6)10-9-16-7-8-17(12-20)18(19)11-16/h7-8,11,13-15,20H,12H2,1-6H3. The summed E-state index contributed by atoms with van der Waals surface area (Å²) in [5.41, 5.74) is 6.27. The molecule has 116 valence electrons.